The maximum Gasteiger partial charge on any atom is 0.186 e. The lowest BCUT2D eigenvalue weighted by Gasteiger charge is -2.14. The molecule has 1 aromatic heterocycles. The van der Waals surface area contributed by atoms with E-state index in [0.717, 1.165) is 0 Å². The molecule has 1 aromatic carbocycles. The summed E-state index contributed by atoms with van der Waals surface area (Å²) in [7, 11) is -1.64. The fraction of sp³-hybridized carbons (Fsp3) is 0.417. The third-order valence-electron chi connectivity index (χ3n) is 2.94. The molecule has 2 aromatic rings. The second kappa shape index (κ2) is 5.68. The van der Waals surface area contributed by atoms with Crippen LogP contribution >= 0.6 is 0 Å². The van der Waals surface area contributed by atoms with Crippen LogP contribution < -0.4 is 10.5 Å². The van der Waals surface area contributed by atoms with Crippen molar-refractivity contribution in [3.63, 3.8) is 0 Å². The standard InChI is InChI=1S/C12H17N5O3S/c1-8(7-21(3,18)19)17-12(14-15-16-17)9-5-4-6-10(13)11(9)20-2/h4-6,8H,7,13H2,1-3H3. The zero-order valence-electron chi connectivity index (χ0n) is 12.0. The van der Waals surface area contributed by atoms with Gasteiger partial charge in [0.25, 0.3) is 0 Å². The lowest BCUT2D eigenvalue weighted by molar-refractivity contribution is 0.417. The molecule has 1 heterocycles. The number of nitrogens with zero attached hydrogens (tertiary/aromatic N) is 4. The Labute approximate surface area is 122 Å². The topological polar surface area (TPSA) is 113 Å². The fourth-order valence-corrected chi connectivity index (χ4v) is 3.15. The molecule has 0 spiro atoms. The van der Waals surface area contributed by atoms with Crippen molar-refractivity contribution in [1.82, 2.24) is 20.2 Å². The number of para-hydroxylation sites is 1. The number of hydrogen-bond acceptors (Lipinski definition) is 7. The first kappa shape index (κ1) is 15.2. The summed E-state index contributed by atoms with van der Waals surface area (Å²) in [6, 6.07) is 4.82. The van der Waals surface area contributed by atoms with E-state index >= 15 is 0 Å². The lowest BCUT2D eigenvalue weighted by Crippen LogP contribution is -2.18. The Morgan fingerprint density at radius 2 is 2.14 bits per heavy atom. The highest BCUT2D eigenvalue weighted by molar-refractivity contribution is 7.90. The fourth-order valence-electron chi connectivity index (χ4n) is 2.14. The second-order valence-electron chi connectivity index (χ2n) is 4.82. The average Bonchev–Trinajstić information content (AvgIpc) is 2.85. The van der Waals surface area contributed by atoms with Crippen LogP contribution in [-0.2, 0) is 9.84 Å². The van der Waals surface area contributed by atoms with Gasteiger partial charge in [-0.1, -0.05) is 6.07 Å². The van der Waals surface area contributed by atoms with Crippen LogP contribution in [0.1, 0.15) is 13.0 Å². The highest BCUT2D eigenvalue weighted by Crippen LogP contribution is 2.34. The average molecular weight is 311 g/mol. The molecule has 0 aliphatic carbocycles. The highest BCUT2D eigenvalue weighted by Gasteiger charge is 2.21. The molecule has 0 amide bonds. The maximum atomic E-state index is 11.4. The molecule has 0 fully saturated rings. The molecule has 1 atom stereocenters. The molecule has 8 nitrogen and oxygen atoms in total. The number of ether oxygens (including phenoxy) is 1. The molecule has 0 aliphatic rings. The Kier molecular flexibility index (Phi) is 4.12. The number of tetrazole rings is 1. The highest BCUT2D eigenvalue weighted by atomic mass is 32.2. The Bertz CT molecular complexity index is 741. The van der Waals surface area contributed by atoms with Crippen molar-refractivity contribution in [2.45, 2.75) is 13.0 Å². The molecular weight excluding hydrogens is 294 g/mol. The molecule has 2 N–H and O–H groups in total. The van der Waals surface area contributed by atoms with Gasteiger partial charge in [0.1, 0.15) is 9.84 Å². The zero-order valence-corrected chi connectivity index (χ0v) is 12.8. The minimum Gasteiger partial charge on any atom is -0.494 e. The number of aromatic nitrogens is 4. The van der Waals surface area contributed by atoms with E-state index < -0.39 is 15.9 Å². The Balaban J connectivity index is 2.48. The first-order chi connectivity index (χ1) is 9.83. The smallest absolute Gasteiger partial charge is 0.186 e. The second-order valence-corrected chi connectivity index (χ2v) is 7.00. The van der Waals surface area contributed by atoms with Crippen LogP contribution in [0.5, 0.6) is 5.75 Å². The van der Waals surface area contributed by atoms with Crippen LogP contribution in [0.25, 0.3) is 11.4 Å². The summed E-state index contributed by atoms with van der Waals surface area (Å²) in [5.41, 5.74) is 6.94. The summed E-state index contributed by atoms with van der Waals surface area (Å²) in [5, 5.41) is 11.5. The number of anilines is 1. The number of methoxy groups -OCH3 is 1. The first-order valence-electron chi connectivity index (χ1n) is 6.22. The van der Waals surface area contributed by atoms with E-state index in [4.69, 9.17) is 10.5 Å². The molecule has 0 radical (unpaired) electrons. The van der Waals surface area contributed by atoms with Crippen molar-refractivity contribution in [2.24, 2.45) is 0 Å². The van der Waals surface area contributed by atoms with Gasteiger partial charge in [-0.3, -0.25) is 0 Å². The van der Waals surface area contributed by atoms with E-state index in [1.807, 2.05) is 0 Å². The van der Waals surface area contributed by atoms with Crippen LogP contribution in [0, 0.1) is 0 Å². The van der Waals surface area contributed by atoms with Gasteiger partial charge >= 0.3 is 0 Å². The van der Waals surface area contributed by atoms with Crippen LogP contribution in [0.4, 0.5) is 5.69 Å². The summed E-state index contributed by atoms with van der Waals surface area (Å²) in [5.74, 6) is 0.811. The molecule has 0 bridgehead atoms. The summed E-state index contributed by atoms with van der Waals surface area (Å²) >= 11 is 0. The summed E-state index contributed by atoms with van der Waals surface area (Å²) in [6.07, 6.45) is 1.18. The van der Waals surface area contributed by atoms with Gasteiger partial charge in [-0.05, 0) is 29.5 Å². The number of nitrogens with two attached hydrogens (primary N) is 1. The van der Waals surface area contributed by atoms with E-state index in [2.05, 4.69) is 15.5 Å². The SMILES string of the molecule is COc1c(N)cccc1-c1nnnn1C(C)CS(C)(=O)=O. The monoisotopic (exact) mass is 311 g/mol. The maximum absolute atomic E-state index is 11.4. The van der Waals surface area contributed by atoms with Crippen LogP contribution in [-0.4, -0.2) is 47.7 Å². The Hall–Kier alpha value is -2.16. The Morgan fingerprint density at radius 3 is 2.76 bits per heavy atom. The first-order valence-corrected chi connectivity index (χ1v) is 8.28. The normalized spacial score (nSPS) is 13.1. The van der Waals surface area contributed by atoms with Crippen molar-refractivity contribution in [2.75, 3.05) is 24.9 Å². The van der Waals surface area contributed by atoms with Crippen molar-refractivity contribution in [3.8, 4) is 17.1 Å². The van der Waals surface area contributed by atoms with Gasteiger partial charge in [0.15, 0.2) is 11.6 Å². The number of benzene rings is 1. The van der Waals surface area contributed by atoms with Crippen LogP contribution in [0.15, 0.2) is 18.2 Å². The zero-order chi connectivity index (χ0) is 15.6. The van der Waals surface area contributed by atoms with Gasteiger partial charge < -0.3 is 10.5 Å². The summed E-state index contributed by atoms with van der Waals surface area (Å²) in [4.78, 5) is 0. The van der Waals surface area contributed by atoms with Crippen molar-refractivity contribution in [1.29, 1.82) is 0 Å². The molecular formula is C12H17N5O3S. The van der Waals surface area contributed by atoms with Gasteiger partial charge in [0.2, 0.25) is 0 Å². The molecule has 114 valence electrons. The number of rotatable bonds is 5. The predicted molar refractivity (Wildman–Crippen MR) is 78.6 cm³/mol. The molecule has 0 aliphatic heterocycles. The molecule has 0 saturated carbocycles. The van der Waals surface area contributed by atoms with Crippen LogP contribution in [0.3, 0.4) is 0 Å². The molecule has 9 heteroatoms. The van der Waals surface area contributed by atoms with Crippen molar-refractivity contribution < 1.29 is 13.2 Å². The third kappa shape index (κ3) is 3.30. The largest absolute Gasteiger partial charge is 0.494 e. The van der Waals surface area contributed by atoms with E-state index in [9.17, 15) is 8.42 Å². The lowest BCUT2D eigenvalue weighted by atomic mass is 10.1. The van der Waals surface area contributed by atoms with Gasteiger partial charge in [0.05, 0.1) is 30.2 Å². The van der Waals surface area contributed by atoms with Gasteiger partial charge in [-0.25, -0.2) is 13.1 Å². The minimum absolute atomic E-state index is 0.0599. The van der Waals surface area contributed by atoms with Crippen LogP contribution in [0.2, 0.25) is 0 Å². The number of hydrogen-bond donors (Lipinski definition) is 1. The van der Waals surface area contributed by atoms with Crippen molar-refractivity contribution in [3.05, 3.63) is 18.2 Å². The van der Waals surface area contributed by atoms with Gasteiger partial charge in [-0.2, -0.15) is 0 Å². The number of sulfone groups is 1. The molecule has 21 heavy (non-hydrogen) atoms. The van der Waals surface area contributed by atoms with Gasteiger partial charge in [-0.15, -0.1) is 5.10 Å². The van der Waals surface area contributed by atoms with Crippen molar-refractivity contribution >= 4 is 15.5 Å². The third-order valence-corrected chi connectivity index (χ3v) is 4.03. The number of nitrogen functional groups attached to an aromatic ring is 1. The summed E-state index contributed by atoms with van der Waals surface area (Å²) < 4.78 is 29.6. The van der Waals surface area contributed by atoms with E-state index in [1.54, 1.807) is 25.1 Å². The molecule has 1 unspecified atom stereocenters. The van der Waals surface area contributed by atoms with E-state index in [-0.39, 0.29) is 5.75 Å². The molecule has 2 rings (SSSR count). The van der Waals surface area contributed by atoms with E-state index in [0.29, 0.717) is 22.8 Å². The summed E-state index contributed by atoms with van der Waals surface area (Å²) in [6.45, 7) is 1.74. The predicted octanol–water partition coefficient (Wildman–Crippen LogP) is 0.536. The quantitative estimate of drug-likeness (QED) is 0.801. The van der Waals surface area contributed by atoms with E-state index in [1.165, 1.54) is 18.0 Å². The minimum atomic E-state index is -3.14. The molecule has 0 saturated heterocycles. The Morgan fingerprint density at radius 1 is 1.43 bits per heavy atom. The van der Waals surface area contributed by atoms with Gasteiger partial charge in [0, 0.05) is 6.26 Å².